The lowest BCUT2D eigenvalue weighted by molar-refractivity contribution is -0.143. The van der Waals surface area contributed by atoms with Crippen LogP contribution in [-0.4, -0.2) is 107 Å². The van der Waals surface area contributed by atoms with Gasteiger partial charge in [0.15, 0.2) is 0 Å². The summed E-state index contributed by atoms with van der Waals surface area (Å²) in [5, 5.41) is 23.8. The van der Waals surface area contributed by atoms with E-state index in [-0.39, 0.29) is 60.7 Å². The molecule has 0 unspecified atom stereocenters. The number of nitrogens with one attached hydrogen (secondary N) is 5. The number of carbonyl (C=O) groups excluding carboxylic acids is 5. The number of urea groups is 1. The van der Waals surface area contributed by atoms with Gasteiger partial charge in [0.2, 0.25) is 5.91 Å². The lowest BCUT2D eigenvalue weighted by Gasteiger charge is -2.18. The highest BCUT2D eigenvalue weighted by Gasteiger charge is 2.42. The van der Waals surface area contributed by atoms with Crippen molar-refractivity contribution in [2.75, 3.05) is 39.2 Å². The van der Waals surface area contributed by atoms with E-state index in [2.05, 4.69) is 49.0 Å². The zero-order chi connectivity index (χ0) is 48.1. The molecular weight excluding hydrogens is 905 g/mol. The van der Waals surface area contributed by atoms with Crippen molar-refractivity contribution >= 4 is 52.6 Å². The molecular formula is C50H58N8O10S. The van der Waals surface area contributed by atoms with Crippen molar-refractivity contribution in [1.82, 2.24) is 41.6 Å². The molecule has 18 nitrogen and oxygen atoms in total. The van der Waals surface area contributed by atoms with Gasteiger partial charge in [-0.25, -0.2) is 19.2 Å². The Labute approximate surface area is 403 Å². The van der Waals surface area contributed by atoms with Crippen LogP contribution in [0.2, 0.25) is 0 Å². The van der Waals surface area contributed by atoms with E-state index in [0.29, 0.717) is 68.2 Å². The van der Waals surface area contributed by atoms with Gasteiger partial charge in [-0.05, 0) is 91.8 Å². The van der Waals surface area contributed by atoms with E-state index in [9.17, 15) is 28.8 Å². The van der Waals surface area contributed by atoms with Gasteiger partial charge in [-0.2, -0.15) is 11.8 Å². The van der Waals surface area contributed by atoms with Crippen LogP contribution in [-0.2, 0) is 32.0 Å². The Balaban J connectivity index is 0.689. The van der Waals surface area contributed by atoms with E-state index < -0.39 is 29.6 Å². The molecule has 2 saturated heterocycles. The maximum absolute atomic E-state index is 13.0. The van der Waals surface area contributed by atoms with Crippen molar-refractivity contribution in [3.05, 3.63) is 112 Å². The molecule has 364 valence electrons. The number of unbranched alkanes of at least 4 members (excludes halogenated alkanes) is 2. The van der Waals surface area contributed by atoms with Crippen molar-refractivity contribution in [2.24, 2.45) is 0 Å². The van der Waals surface area contributed by atoms with Crippen molar-refractivity contribution in [1.29, 1.82) is 0 Å². The van der Waals surface area contributed by atoms with Gasteiger partial charge in [0, 0.05) is 60.6 Å². The molecule has 0 saturated carbocycles. The Morgan fingerprint density at radius 1 is 0.899 bits per heavy atom. The monoisotopic (exact) mass is 962 g/mol. The third-order valence-corrected chi connectivity index (χ3v) is 14.2. The number of nitrogens with zero attached hydrogens (tertiary/aromatic N) is 3. The predicted molar refractivity (Wildman–Crippen MR) is 258 cm³/mol. The highest BCUT2D eigenvalue weighted by molar-refractivity contribution is 8.00. The summed E-state index contributed by atoms with van der Waals surface area (Å²) in [6.07, 6.45) is 7.60. The van der Waals surface area contributed by atoms with E-state index in [1.54, 1.807) is 22.9 Å². The Morgan fingerprint density at radius 2 is 1.68 bits per heavy atom. The topological polar surface area (TPSA) is 234 Å². The number of benzene rings is 3. The van der Waals surface area contributed by atoms with E-state index >= 15 is 0 Å². The van der Waals surface area contributed by atoms with Gasteiger partial charge in [-0.3, -0.25) is 14.3 Å². The number of fused-ring (bicyclic) bond motifs is 5. The molecule has 2 aromatic heterocycles. The first-order chi connectivity index (χ1) is 33.6. The highest BCUT2D eigenvalue weighted by atomic mass is 32.2. The molecule has 69 heavy (non-hydrogen) atoms. The Morgan fingerprint density at radius 3 is 2.48 bits per heavy atom. The fourth-order valence-corrected chi connectivity index (χ4v) is 10.7. The second-order valence-corrected chi connectivity index (χ2v) is 18.7. The van der Waals surface area contributed by atoms with Gasteiger partial charge in [0.25, 0.3) is 5.91 Å². The number of alkyl carbamates (subject to hydrolysis) is 1. The van der Waals surface area contributed by atoms with E-state index in [4.69, 9.17) is 18.6 Å². The van der Waals surface area contributed by atoms with Gasteiger partial charge in [-0.1, -0.05) is 60.2 Å². The fraction of sp³-hybridized carbons (Fsp3) is 0.440. The molecule has 2 aliphatic heterocycles. The summed E-state index contributed by atoms with van der Waals surface area (Å²) >= 11 is 1.89. The molecule has 4 atom stereocenters. The lowest BCUT2D eigenvalue weighted by Crippen LogP contribution is -2.42. The summed E-state index contributed by atoms with van der Waals surface area (Å²) in [7, 11) is 1.25. The lowest BCUT2D eigenvalue weighted by atomic mass is 9.98. The van der Waals surface area contributed by atoms with Crippen LogP contribution < -0.4 is 36.9 Å². The first-order valence-electron chi connectivity index (χ1n) is 23.7. The van der Waals surface area contributed by atoms with Crippen molar-refractivity contribution in [2.45, 2.75) is 100 Å². The maximum Gasteiger partial charge on any atom is 0.407 e. The van der Waals surface area contributed by atoms with Gasteiger partial charge >= 0.3 is 23.7 Å². The quantitative estimate of drug-likeness (QED) is 0.0219. The number of esters is 1. The molecule has 1 aliphatic carbocycles. The first kappa shape index (κ1) is 48.6. The molecule has 5 amide bonds. The molecule has 0 spiro atoms. The maximum atomic E-state index is 13.0. The molecule has 3 aliphatic rings. The molecule has 3 aromatic carbocycles. The smallest absolute Gasteiger partial charge is 0.407 e. The molecule has 0 radical (unpaired) electrons. The molecule has 2 fully saturated rings. The van der Waals surface area contributed by atoms with Crippen LogP contribution in [0.4, 0.5) is 9.59 Å². The van der Waals surface area contributed by atoms with E-state index in [1.165, 1.54) is 13.2 Å². The normalized spacial score (nSPS) is 17.2. The summed E-state index contributed by atoms with van der Waals surface area (Å²) < 4.78 is 23.7. The molecule has 8 rings (SSSR count). The number of thioether (sulfide) groups is 1. The Hall–Kier alpha value is -6.89. The number of hydrogen-bond donors (Lipinski definition) is 5. The summed E-state index contributed by atoms with van der Waals surface area (Å²) in [6, 6.07) is 22.0. The summed E-state index contributed by atoms with van der Waals surface area (Å²) in [5.41, 5.74) is 4.54. The zero-order valence-corrected chi connectivity index (χ0v) is 39.4. The summed E-state index contributed by atoms with van der Waals surface area (Å²) in [6.45, 7) is 1.88. The zero-order valence-electron chi connectivity index (χ0n) is 38.5. The predicted octanol–water partition coefficient (Wildman–Crippen LogP) is 5.61. The Kier molecular flexibility index (Phi) is 16.5. The van der Waals surface area contributed by atoms with Crippen molar-refractivity contribution in [3.8, 4) is 16.9 Å². The SMILES string of the molecule is COC(=O)[C@H](CCCCNC(=O)c1cc2ccc(OCCCc3cn(CCCNC(=O)CCCC[C@@H]4SC[C@@H]5NC(=O)N[C@@H]54)nn3)cc2oc1=O)NC(=O)OCC1c2ccccc2-c2ccccc21. The average molecular weight is 963 g/mol. The third kappa shape index (κ3) is 12.6. The standard InChI is InChI=1S/C50H58N8O10S/c1-65-48(62)40(54-50(64)67-29-39-36-15-4-2-13-34(36)35-14-3-5-16-37(35)39)17-8-9-22-52-46(60)38-26-31-20-21-33(27-42(31)68-47(38)61)66-25-10-12-32-28-58(57-56-32)24-11-23-51-44(59)19-7-6-18-43-45-41(30-69-43)53-49(63)55-45/h2-5,13-16,20-21,26-28,39-41,43,45H,6-12,17-19,22-25,29-30H2,1H3,(H,51,59)(H,52,60)(H,54,64)(H2,53,55,63)/t40-,41-,43-,45-/m0/s1. The molecule has 19 heteroatoms. The second-order valence-electron chi connectivity index (χ2n) is 17.4. The molecule has 5 N–H and O–H groups in total. The second kappa shape index (κ2) is 23.4. The minimum absolute atomic E-state index is 0.0442. The summed E-state index contributed by atoms with van der Waals surface area (Å²) in [4.78, 5) is 75.2. The number of ether oxygens (including phenoxy) is 3. The fourth-order valence-electron chi connectivity index (χ4n) is 9.12. The minimum atomic E-state index is -0.949. The van der Waals surface area contributed by atoms with E-state index in [0.717, 1.165) is 59.4 Å². The largest absolute Gasteiger partial charge is 0.493 e. The highest BCUT2D eigenvalue weighted by Crippen LogP contribution is 2.44. The molecule has 4 heterocycles. The van der Waals surface area contributed by atoms with Crippen LogP contribution in [0.15, 0.2) is 88.2 Å². The summed E-state index contributed by atoms with van der Waals surface area (Å²) in [5.74, 6) is 0.160. The number of rotatable bonds is 24. The van der Waals surface area contributed by atoms with Gasteiger partial charge in [0.05, 0.1) is 31.5 Å². The molecule has 0 bridgehead atoms. The van der Waals surface area contributed by atoms with Crippen LogP contribution >= 0.6 is 11.8 Å². The third-order valence-electron chi connectivity index (χ3n) is 12.7. The number of methoxy groups -OCH3 is 1. The van der Waals surface area contributed by atoms with Gasteiger partial charge < -0.3 is 45.2 Å². The van der Waals surface area contributed by atoms with E-state index in [1.807, 2.05) is 54.4 Å². The number of carbonyl (C=O) groups is 5. The van der Waals surface area contributed by atoms with Crippen molar-refractivity contribution in [3.63, 3.8) is 0 Å². The van der Waals surface area contributed by atoms with Gasteiger partial charge in [-0.15, -0.1) is 5.10 Å². The number of amides is 5. The number of hydrogen-bond acceptors (Lipinski definition) is 13. The van der Waals surface area contributed by atoms with Gasteiger partial charge in [0.1, 0.15) is 29.5 Å². The number of aromatic nitrogens is 3. The van der Waals surface area contributed by atoms with Crippen LogP contribution in [0.25, 0.3) is 22.1 Å². The van der Waals surface area contributed by atoms with Crippen LogP contribution in [0.1, 0.15) is 90.9 Å². The average Bonchev–Trinajstić information content (AvgIpc) is 4.14. The van der Waals surface area contributed by atoms with Crippen LogP contribution in [0.5, 0.6) is 5.75 Å². The van der Waals surface area contributed by atoms with Crippen molar-refractivity contribution < 1.29 is 42.6 Å². The molecule has 5 aromatic rings. The van der Waals surface area contributed by atoms with Crippen LogP contribution in [0.3, 0.4) is 0 Å². The number of aryl methyl sites for hydroxylation is 2. The Bertz CT molecular complexity index is 2650. The minimum Gasteiger partial charge on any atom is -0.493 e. The first-order valence-corrected chi connectivity index (χ1v) is 24.7. The van der Waals surface area contributed by atoms with Crippen LogP contribution in [0, 0.1) is 0 Å².